The van der Waals surface area contributed by atoms with Gasteiger partial charge in [-0.3, -0.25) is 9.69 Å². The van der Waals surface area contributed by atoms with Gasteiger partial charge in [0.1, 0.15) is 11.8 Å². The van der Waals surface area contributed by atoms with Crippen molar-refractivity contribution in [1.29, 1.82) is 0 Å². The van der Waals surface area contributed by atoms with Gasteiger partial charge in [-0.15, -0.1) is 11.3 Å². The maximum atomic E-state index is 11.6. The van der Waals surface area contributed by atoms with Crippen molar-refractivity contribution in [1.82, 2.24) is 4.90 Å². The Morgan fingerprint density at radius 3 is 3.11 bits per heavy atom. The Balaban J connectivity index is 1.96. The molecule has 2 unspecified atom stereocenters. The molecular weight excluding hydrogens is 262 g/mol. The number of furan rings is 1. The molecule has 1 aliphatic heterocycles. The quantitative estimate of drug-likeness (QED) is 0.936. The van der Waals surface area contributed by atoms with Gasteiger partial charge in [0.25, 0.3) is 0 Å². The van der Waals surface area contributed by atoms with E-state index in [1.54, 1.807) is 17.6 Å². The van der Waals surface area contributed by atoms with Crippen molar-refractivity contribution in [3.63, 3.8) is 0 Å². The third-order valence-corrected chi connectivity index (χ3v) is 4.69. The van der Waals surface area contributed by atoms with Crippen molar-refractivity contribution in [2.75, 3.05) is 6.54 Å². The minimum atomic E-state index is -0.794. The van der Waals surface area contributed by atoms with Gasteiger partial charge in [-0.1, -0.05) is 0 Å². The lowest BCUT2D eigenvalue weighted by molar-refractivity contribution is -0.145. The van der Waals surface area contributed by atoms with E-state index >= 15 is 0 Å². The molecule has 3 rings (SSSR count). The number of thiophene rings is 1. The third kappa shape index (κ3) is 2.09. The molecule has 3 heterocycles. The molecule has 0 saturated heterocycles. The zero-order valence-electron chi connectivity index (χ0n) is 10.6. The van der Waals surface area contributed by atoms with E-state index in [1.165, 1.54) is 4.88 Å². The SMILES string of the molecule is CC(c1ccco1)N1CCc2sccc2C1C(=O)O. The van der Waals surface area contributed by atoms with Gasteiger partial charge in [-0.25, -0.2) is 0 Å². The van der Waals surface area contributed by atoms with Crippen LogP contribution in [0, 0.1) is 0 Å². The smallest absolute Gasteiger partial charge is 0.325 e. The van der Waals surface area contributed by atoms with E-state index in [0.29, 0.717) is 0 Å². The standard InChI is InChI=1S/C14H15NO3S/c1-9(11-3-2-7-18-11)15-6-4-12-10(5-8-19-12)13(15)14(16)17/h2-3,5,7-9,13H,4,6H2,1H3,(H,16,17). The van der Waals surface area contributed by atoms with Gasteiger partial charge in [0.15, 0.2) is 0 Å². The maximum Gasteiger partial charge on any atom is 0.325 e. The summed E-state index contributed by atoms with van der Waals surface area (Å²) in [7, 11) is 0. The highest BCUT2D eigenvalue weighted by molar-refractivity contribution is 7.10. The molecule has 4 nitrogen and oxygen atoms in total. The van der Waals surface area contributed by atoms with Crippen LogP contribution in [0.5, 0.6) is 0 Å². The molecule has 0 amide bonds. The summed E-state index contributed by atoms with van der Waals surface area (Å²) in [4.78, 5) is 14.8. The molecule has 0 aromatic carbocycles. The zero-order chi connectivity index (χ0) is 13.4. The summed E-state index contributed by atoms with van der Waals surface area (Å²) in [6, 6.07) is 5.05. The van der Waals surface area contributed by atoms with E-state index in [9.17, 15) is 9.90 Å². The van der Waals surface area contributed by atoms with Crippen molar-refractivity contribution >= 4 is 17.3 Å². The molecule has 0 spiro atoms. The lowest BCUT2D eigenvalue weighted by Crippen LogP contribution is -2.40. The molecule has 2 aromatic rings. The number of hydrogen-bond donors (Lipinski definition) is 1. The number of nitrogens with zero attached hydrogens (tertiary/aromatic N) is 1. The average molecular weight is 277 g/mol. The highest BCUT2D eigenvalue weighted by Gasteiger charge is 2.37. The summed E-state index contributed by atoms with van der Waals surface area (Å²) >= 11 is 1.64. The molecule has 1 N–H and O–H groups in total. The van der Waals surface area contributed by atoms with E-state index in [1.807, 2.05) is 35.4 Å². The fraction of sp³-hybridized carbons (Fsp3) is 0.357. The van der Waals surface area contributed by atoms with Crippen molar-refractivity contribution in [2.24, 2.45) is 0 Å². The van der Waals surface area contributed by atoms with Gasteiger partial charge < -0.3 is 9.52 Å². The second-order valence-electron chi connectivity index (χ2n) is 4.72. The van der Waals surface area contributed by atoms with Gasteiger partial charge in [0.05, 0.1) is 12.3 Å². The summed E-state index contributed by atoms with van der Waals surface area (Å²) in [6.07, 6.45) is 2.53. The first-order chi connectivity index (χ1) is 9.18. The molecule has 0 bridgehead atoms. The number of hydrogen-bond acceptors (Lipinski definition) is 4. The number of carboxylic acid groups (broad SMARTS) is 1. The van der Waals surface area contributed by atoms with Crippen LogP contribution < -0.4 is 0 Å². The van der Waals surface area contributed by atoms with Crippen molar-refractivity contribution in [3.05, 3.63) is 46.0 Å². The minimum absolute atomic E-state index is 0.0378. The molecule has 0 radical (unpaired) electrons. The monoisotopic (exact) mass is 277 g/mol. The predicted octanol–water partition coefficient (Wildman–Crippen LogP) is 3.09. The summed E-state index contributed by atoms with van der Waals surface area (Å²) < 4.78 is 5.41. The summed E-state index contributed by atoms with van der Waals surface area (Å²) in [6.45, 7) is 2.73. The molecular formula is C14H15NO3S. The fourth-order valence-corrected chi connectivity index (χ4v) is 3.62. The lowest BCUT2D eigenvalue weighted by Gasteiger charge is -2.36. The summed E-state index contributed by atoms with van der Waals surface area (Å²) in [5.74, 6) is 0.0164. The highest BCUT2D eigenvalue weighted by atomic mass is 32.1. The Labute approximate surface area is 115 Å². The average Bonchev–Trinajstić information content (AvgIpc) is 3.06. The van der Waals surface area contributed by atoms with Gasteiger partial charge >= 0.3 is 5.97 Å². The highest BCUT2D eigenvalue weighted by Crippen LogP contribution is 2.38. The van der Waals surface area contributed by atoms with Crippen LogP contribution in [0.25, 0.3) is 0 Å². The van der Waals surface area contributed by atoms with E-state index in [-0.39, 0.29) is 6.04 Å². The lowest BCUT2D eigenvalue weighted by atomic mass is 9.97. The second kappa shape index (κ2) is 4.83. The molecule has 0 fully saturated rings. The number of fused-ring (bicyclic) bond motifs is 1. The van der Waals surface area contributed by atoms with Gasteiger partial charge in [-0.05, 0) is 42.5 Å². The van der Waals surface area contributed by atoms with Crippen LogP contribution in [0.2, 0.25) is 0 Å². The van der Waals surface area contributed by atoms with Crippen LogP contribution >= 0.6 is 11.3 Å². The number of carboxylic acids is 1. The first kappa shape index (κ1) is 12.4. The van der Waals surface area contributed by atoms with E-state index in [2.05, 4.69) is 0 Å². The molecule has 0 saturated carbocycles. The third-order valence-electron chi connectivity index (χ3n) is 3.69. The summed E-state index contributed by atoms with van der Waals surface area (Å²) in [5.41, 5.74) is 0.933. The Kier molecular flexibility index (Phi) is 3.16. The molecule has 2 aromatic heterocycles. The predicted molar refractivity (Wildman–Crippen MR) is 72.2 cm³/mol. The first-order valence-electron chi connectivity index (χ1n) is 6.26. The fourth-order valence-electron chi connectivity index (χ4n) is 2.72. The summed E-state index contributed by atoms with van der Waals surface area (Å²) in [5, 5.41) is 11.5. The van der Waals surface area contributed by atoms with Crippen LogP contribution in [-0.4, -0.2) is 22.5 Å². The number of rotatable bonds is 3. The number of carbonyl (C=O) groups is 1. The number of aliphatic carboxylic acids is 1. The Bertz CT molecular complexity index is 575. The Morgan fingerprint density at radius 1 is 1.58 bits per heavy atom. The van der Waals surface area contributed by atoms with Crippen LogP contribution in [-0.2, 0) is 11.2 Å². The van der Waals surface area contributed by atoms with Crippen LogP contribution in [0.4, 0.5) is 0 Å². The molecule has 0 aliphatic carbocycles. The minimum Gasteiger partial charge on any atom is -0.480 e. The maximum absolute atomic E-state index is 11.6. The zero-order valence-corrected chi connectivity index (χ0v) is 11.4. The largest absolute Gasteiger partial charge is 0.480 e. The molecule has 100 valence electrons. The van der Waals surface area contributed by atoms with E-state index < -0.39 is 12.0 Å². The van der Waals surface area contributed by atoms with Gasteiger partial charge in [0.2, 0.25) is 0 Å². The molecule has 2 atom stereocenters. The Morgan fingerprint density at radius 2 is 2.42 bits per heavy atom. The van der Waals surface area contributed by atoms with Gasteiger partial charge in [-0.2, -0.15) is 0 Å². The van der Waals surface area contributed by atoms with Crippen LogP contribution in [0.1, 0.15) is 35.2 Å². The second-order valence-corrected chi connectivity index (χ2v) is 5.72. The van der Waals surface area contributed by atoms with Crippen molar-refractivity contribution < 1.29 is 14.3 Å². The topological polar surface area (TPSA) is 53.7 Å². The molecule has 5 heteroatoms. The Hall–Kier alpha value is -1.59. The van der Waals surface area contributed by atoms with Crippen LogP contribution in [0.3, 0.4) is 0 Å². The van der Waals surface area contributed by atoms with Crippen molar-refractivity contribution in [2.45, 2.75) is 25.4 Å². The van der Waals surface area contributed by atoms with E-state index in [4.69, 9.17) is 4.42 Å². The molecule has 1 aliphatic rings. The van der Waals surface area contributed by atoms with Crippen LogP contribution in [0.15, 0.2) is 34.3 Å². The first-order valence-corrected chi connectivity index (χ1v) is 7.14. The van der Waals surface area contributed by atoms with Crippen molar-refractivity contribution in [3.8, 4) is 0 Å². The van der Waals surface area contributed by atoms with E-state index in [0.717, 1.165) is 24.3 Å². The van der Waals surface area contributed by atoms with Gasteiger partial charge in [0, 0.05) is 11.4 Å². The normalized spacial score (nSPS) is 21.0. The molecule has 19 heavy (non-hydrogen) atoms.